The maximum Gasteiger partial charge on any atom is 0.129 e. The highest BCUT2D eigenvalue weighted by molar-refractivity contribution is 6.83. The Kier molecular flexibility index (Phi) is 4.95. The average Bonchev–Trinajstić information content (AvgIpc) is 1.84. The first-order valence-corrected chi connectivity index (χ1v) is 7.76. The van der Waals surface area contributed by atoms with Crippen molar-refractivity contribution in [2.75, 3.05) is 0 Å². The fraction of sp³-hybridized carbons (Fsp3) is 0.600. The van der Waals surface area contributed by atoms with Gasteiger partial charge < -0.3 is 5.11 Å². The Morgan fingerprint density at radius 2 is 2.00 bits per heavy atom. The molecule has 0 radical (unpaired) electrons. The highest BCUT2D eigenvalue weighted by atomic mass is 28.3. The third-order valence-corrected chi connectivity index (χ3v) is 2.12. The second kappa shape index (κ2) is 5.18. The lowest BCUT2D eigenvalue weighted by Gasteiger charge is -2.04. The molecule has 1 nitrogen and oxygen atoms in total. The van der Waals surface area contributed by atoms with Crippen LogP contribution in [0.4, 0.5) is 0 Å². The van der Waals surface area contributed by atoms with Gasteiger partial charge in [0.25, 0.3) is 0 Å². The summed E-state index contributed by atoms with van der Waals surface area (Å²) in [6.45, 7) is 8.49. The summed E-state index contributed by atoms with van der Waals surface area (Å²) in [6.07, 6.45) is 3.79. The van der Waals surface area contributed by atoms with Crippen molar-refractivity contribution in [1.29, 1.82) is 0 Å². The summed E-state index contributed by atoms with van der Waals surface area (Å²) in [4.78, 5) is 0. The topological polar surface area (TPSA) is 20.2 Å². The van der Waals surface area contributed by atoms with Crippen LogP contribution in [0.2, 0.25) is 19.6 Å². The van der Waals surface area contributed by atoms with Gasteiger partial charge in [0.1, 0.15) is 8.07 Å². The Morgan fingerprint density at radius 3 is 2.42 bits per heavy atom. The summed E-state index contributed by atoms with van der Waals surface area (Å²) >= 11 is 0. The van der Waals surface area contributed by atoms with E-state index in [4.69, 9.17) is 0 Å². The van der Waals surface area contributed by atoms with Crippen LogP contribution < -0.4 is 0 Å². The van der Waals surface area contributed by atoms with Crippen LogP contribution in [0.3, 0.4) is 0 Å². The molecule has 68 valence electrons. The van der Waals surface area contributed by atoms with Crippen molar-refractivity contribution in [3.05, 3.63) is 12.2 Å². The molecule has 0 saturated heterocycles. The molecule has 0 fully saturated rings. The Labute approximate surface area is 76.5 Å². The Balaban J connectivity index is 3.87. The Hall–Kier alpha value is -0.523. The standard InChI is InChI=1S/C10H18OSi/c1-5-7-10(11)8-6-9-12(2,3)4/h5,7,10-11H,8H2,1-4H3/b7-5+. The van der Waals surface area contributed by atoms with Gasteiger partial charge in [0.2, 0.25) is 0 Å². The highest BCUT2D eigenvalue weighted by Crippen LogP contribution is 1.98. The minimum Gasteiger partial charge on any atom is -0.388 e. The molecular formula is C10H18OSi. The van der Waals surface area contributed by atoms with Crippen LogP contribution in [0.15, 0.2) is 12.2 Å². The summed E-state index contributed by atoms with van der Waals surface area (Å²) in [5, 5.41) is 9.27. The van der Waals surface area contributed by atoms with Gasteiger partial charge in [-0.2, -0.15) is 0 Å². The van der Waals surface area contributed by atoms with E-state index in [1.165, 1.54) is 0 Å². The summed E-state index contributed by atoms with van der Waals surface area (Å²) in [7, 11) is -1.24. The fourth-order valence-corrected chi connectivity index (χ4v) is 1.34. The molecule has 0 aromatic carbocycles. The number of aliphatic hydroxyl groups excluding tert-OH is 1. The van der Waals surface area contributed by atoms with Gasteiger partial charge in [0.05, 0.1) is 6.10 Å². The molecule has 12 heavy (non-hydrogen) atoms. The molecule has 0 aliphatic carbocycles. The van der Waals surface area contributed by atoms with Gasteiger partial charge in [-0.15, -0.1) is 11.5 Å². The van der Waals surface area contributed by atoms with Crippen LogP contribution >= 0.6 is 0 Å². The van der Waals surface area contributed by atoms with E-state index in [9.17, 15) is 5.11 Å². The van der Waals surface area contributed by atoms with Gasteiger partial charge in [-0.3, -0.25) is 0 Å². The number of hydrogen-bond donors (Lipinski definition) is 1. The lowest BCUT2D eigenvalue weighted by Crippen LogP contribution is -2.16. The first kappa shape index (κ1) is 11.5. The number of aliphatic hydroxyl groups is 1. The fourth-order valence-electron chi connectivity index (χ4n) is 0.711. The predicted molar refractivity (Wildman–Crippen MR) is 56.6 cm³/mol. The normalized spacial score (nSPS) is 14.1. The zero-order chi connectivity index (χ0) is 9.61. The largest absolute Gasteiger partial charge is 0.388 e. The summed E-state index contributed by atoms with van der Waals surface area (Å²) in [6, 6.07) is 0. The lowest BCUT2D eigenvalue weighted by molar-refractivity contribution is 0.229. The van der Waals surface area contributed by atoms with E-state index in [1.807, 2.05) is 13.0 Å². The van der Waals surface area contributed by atoms with E-state index in [0.29, 0.717) is 6.42 Å². The smallest absolute Gasteiger partial charge is 0.129 e. The summed E-state index contributed by atoms with van der Waals surface area (Å²) < 4.78 is 0. The van der Waals surface area contributed by atoms with Crippen molar-refractivity contribution in [2.45, 2.75) is 39.1 Å². The molecule has 0 spiro atoms. The van der Waals surface area contributed by atoms with Gasteiger partial charge in [-0.05, 0) is 6.92 Å². The number of rotatable bonds is 2. The van der Waals surface area contributed by atoms with Crippen molar-refractivity contribution in [3.8, 4) is 11.5 Å². The SMILES string of the molecule is C/C=C/C(O)CC#C[Si](C)(C)C. The van der Waals surface area contributed by atoms with E-state index in [2.05, 4.69) is 31.1 Å². The van der Waals surface area contributed by atoms with Crippen LogP contribution in [0.25, 0.3) is 0 Å². The second-order valence-electron chi connectivity index (χ2n) is 3.85. The van der Waals surface area contributed by atoms with Crippen LogP contribution in [0.1, 0.15) is 13.3 Å². The van der Waals surface area contributed by atoms with E-state index >= 15 is 0 Å². The van der Waals surface area contributed by atoms with E-state index < -0.39 is 8.07 Å². The molecule has 0 saturated carbocycles. The third kappa shape index (κ3) is 7.58. The van der Waals surface area contributed by atoms with Crippen molar-refractivity contribution in [3.63, 3.8) is 0 Å². The molecular weight excluding hydrogens is 164 g/mol. The number of hydrogen-bond acceptors (Lipinski definition) is 1. The molecule has 0 aromatic heterocycles. The van der Waals surface area contributed by atoms with Crippen LogP contribution in [-0.2, 0) is 0 Å². The van der Waals surface area contributed by atoms with Crippen molar-refractivity contribution in [1.82, 2.24) is 0 Å². The van der Waals surface area contributed by atoms with Gasteiger partial charge in [-0.25, -0.2) is 0 Å². The molecule has 0 amide bonds. The minimum absolute atomic E-state index is 0.390. The number of allylic oxidation sites excluding steroid dienone is 1. The second-order valence-corrected chi connectivity index (χ2v) is 8.60. The Bertz CT molecular complexity index is 202. The minimum atomic E-state index is -1.24. The summed E-state index contributed by atoms with van der Waals surface area (Å²) in [5.41, 5.74) is 3.21. The van der Waals surface area contributed by atoms with Crippen molar-refractivity contribution in [2.24, 2.45) is 0 Å². The van der Waals surface area contributed by atoms with Crippen molar-refractivity contribution >= 4 is 8.07 Å². The highest BCUT2D eigenvalue weighted by Gasteiger charge is 2.07. The van der Waals surface area contributed by atoms with Crippen LogP contribution in [0, 0.1) is 11.5 Å². The van der Waals surface area contributed by atoms with Crippen LogP contribution in [0.5, 0.6) is 0 Å². The molecule has 0 bridgehead atoms. The maximum absolute atomic E-state index is 9.27. The molecule has 0 rings (SSSR count). The summed E-state index contributed by atoms with van der Waals surface area (Å²) in [5.74, 6) is 3.02. The monoisotopic (exact) mass is 182 g/mol. The van der Waals surface area contributed by atoms with Gasteiger partial charge in [-0.1, -0.05) is 31.8 Å². The van der Waals surface area contributed by atoms with Gasteiger partial charge in [0, 0.05) is 6.42 Å². The first-order chi connectivity index (χ1) is 5.45. The molecule has 1 atom stereocenters. The van der Waals surface area contributed by atoms with Crippen molar-refractivity contribution < 1.29 is 5.11 Å². The zero-order valence-electron chi connectivity index (χ0n) is 8.39. The molecule has 2 heteroatoms. The first-order valence-electron chi connectivity index (χ1n) is 4.26. The predicted octanol–water partition coefficient (Wildman–Crippen LogP) is 2.19. The molecule has 1 N–H and O–H groups in total. The lowest BCUT2D eigenvalue weighted by atomic mass is 10.2. The Morgan fingerprint density at radius 1 is 1.42 bits per heavy atom. The van der Waals surface area contributed by atoms with Crippen LogP contribution in [-0.4, -0.2) is 19.3 Å². The van der Waals surface area contributed by atoms with Gasteiger partial charge >= 0.3 is 0 Å². The third-order valence-electron chi connectivity index (χ3n) is 1.19. The zero-order valence-corrected chi connectivity index (χ0v) is 9.39. The van der Waals surface area contributed by atoms with Gasteiger partial charge in [0.15, 0.2) is 0 Å². The molecule has 0 aromatic rings. The van der Waals surface area contributed by atoms with E-state index in [0.717, 1.165) is 0 Å². The molecule has 0 aliphatic heterocycles. The molecule has 1 unspecified atom stereocenters. The average molecular weight is 182 g/mol. The maximum atomic E-state index is 9.27. The van der Waals surface area contributed by atoms with E-state index in [-0.39, 0.29) is 6.10 Å². The molecule has 0 heterocycles. The van der Waals surface area contributed by atoms with E-state index in [1.54, 1.807) is 6.08 Å². The quantitative estimate of drug-likeness (QED) is 0.394. The molecule has 0 aliphatic rings.